The predicted octanol–water partition coefficient (Wildman–Crippen LogP) is 4.08. The highest BCUT2D eigenvalue weighted by Gasteiger charge is 2.27. The fourth-order valence-corrected chi connectivity index (χ4v) is 3.38. The molecule has 0 aliphatic rings. The zero-order valence-corrected chi connectivity index (χ0v) is 17.6. The van der Waals surface area contributed by atoms with E-state index in [1.54, 1.807) is 7.11 Å². The highest BCUT2D eigenvalue weighted by molar-refractivity contribution is 9.10. The SMILES string of the molecule is COc1ccc(CNC(c2ccccc2Br)c2nnnn2C(C)(C)C)cc1. The number of tetrazole rings is 1. The molecular formula is C20H24BrN5O. The molecule has 0 saturated carbocycles. The molecule has 1 atom stereocenters. The average Bonchev–Trinajstić information content (AvgIpc) is 3.14. The highest BCUT2D eigenvalue weighted by atomic mass is 79.9. The molecule has 0 radical (unpaired) electrons. The third-order valence-corrected chi connectivity index (χ3v) is 4.99. The van der Waals surface area contributed by atoms with Crippen LogP contribution in [0.5, 0.6) is 5.75 Å². The molecule has 1 aromatic heterocycles. The Labute approximate surface area is 168 Å². The van der Waals surface area contributed by atoms with Gasteiger partial charge < -0.3 is 4.74 Å². The Balaban J connectivity index is 1.93. The summed E-state index contributed by atoms with van der Waals surface area (Å²) in [4.78, 5) is 0. The first-order chi connectivity index (χ1) is 12.9. The molecule has 1 unspecified atom stereocenters. The van der Waals surface area contributed by atoms with Crippen molar-refractivity contribution in [3.8, 4) is 5.75 Å². The van der Waals surface area contributed by atoms with Gasteiger partial charge in [-0.15, -0.1) is 5.10 Å². The Hall–Kier alpha value is -2.25. The number of hydrogen-bond acceptors (Lipinski definition) is 5. The lowest BCUT2D eigenvalue weighted by Crippen LogP contribution is -2.32. The zero-order valence-electron chi connectivity index (χ0n) is 16.0. The second-order valence-electron chi connectivity index (χ2n) is 7.30. The van der Waals surface area contributed by atoms with Crippen molar-refractivity contribution >= 4 is 15.9 Å². The van der Waals surface area contributed by atoms with E-state index in [4.69, 9.17) is 4.74 Å². The first-order valence-corrected chi connectivity index (χ1v) is 9.59. The van der Waals surface area contributed by atoms with Crippen LogP contribution in [-0.4, -0.2) is 27.3 Å². The summed E-state index contributed by atoms with van der Waals surface area (Å²) in [7, 11) is 1.67. The topological polar surface area (TPSA) is 64.9 Å². The molecule has 2 aromatic carbocycles. The van der Waals surface area contributed by atoms with Crippen LogP contribution in [0.1, 0.15) is 43.8 Å². The van der Waals surface area contributed by atoms with Crippen molar-refractivity contribution in [3.05, 3.63) is 70.0 Å². The van der Waals surface area contributed by atoms with Crippen molar-refractivity contribution in [2.24, 2.45) is 0 Å². The molecule has 6 nitrogen and oxygen atoms in total. The van der Waals surface area contributed by atoms with Gasteiger partial charge >= 0.3 is 0 Å². The number of ether oxygens (including phenoxy) is 1. The Morgan fingerprint density at radius 1 is 1.11 bits per heavy atom. The number of aromatic nitrogens is 4. The van der Waals surface area contributed by atoms with Crippen LogP contribution >= 0.6 is 15.9 Å². The second-order valence-corrected chi connectivity index (χ2v) is 8.16. The molecule has 1 heterocycles. The molecule has 0 aliphatic carbocycles. The standard InChI is InChI=1S/C20H24BrN5O/c1-20(2,3)26-19(23-24-25-26)18(16-7-5-6-8-17(16)21)22-13-14-9-11-15(27-4)12-10-14/h5-12,18,22H,13H2,1-4H3. The van der Waals surface area contributed by atoms with Gasteiger partial charge in [0.15, 0.2) is 5.82 Å². The number of halogens is 1. The summed E-state index contributed by atoms with van der Waals surface area (Å²) in [5, 5.41) is 16.1. The molecule has 7 heteroatoms. The molecule has 3 rings (SSSR count). The number of hydrogen-bond donors (Lipinski definition) is 1. The van der Waals surface area contributed by atoms with Crippen molar-refractivity contribution in [2.75, 3.05) is 7.11 Å². The maximum Gasteiger partial charge on any atom is 0.173 e. The molecule has 142 valence electrons. The van der Waals surface area contributed by atoms with E-state index in [1.165, 1.54) is 0 Å². The van der Waals surface area contributed by atoms with Gasteiger partial charge in [-0.25, -0.2) is 4.68 Å². The van der Waals surface area contributed by atoms with Gasteiger partial charge in [0.05, 0.1) is 18.7 Å². The largest absolute Gasteiger partial charge is 0.497 e. The van der Waals surface area contributed by atoms with Gasteiger partial charge in [-0.2, -0.15) is 0 Å². The molecule has 27 heavy (non-hydrogen) atoms. The minimum Gasteiger partial charge on any atom is -0.497 e. The van der Waals surface area contributed by atoms with E-state index in [0.717, 1.165) is 27.2 Å². The summed E-state index contributed by atoms with van der Waals surface area (Å²) < 4.78 is 8.12. The molecule has 3 aromatic rings. The molecule has 0 spiro atoms. The van der Waals surface area contributed by atoms with E-state index in [2.05, 4.69) is 75.7 Å². The summed E-state index contributed by atoms with van der Waals surface area (Å²) in [6.45, 7) is 6.95. The highest BCUT2D eigenvalue weighted by Crippen LogP contribution is 2.29. The Bertz CT molecular complexity index is 886. The van der Waals surface area contributed by atoms with Crippen molar-refractivity contribution in [3.63, 3.8) is 0 Å². The van der Waals surface area contributed by atoms with Gasteiger partial charge in [-0.3, -0.25) is 5.32 Å². The first-order valence-electron chi connectivity index (χ1n) is 8.79. The second kappa shape index (κ2) is 8.19. The molecular weight excluding hydrogens is 406 g/mol. The summed E-state index contributed by atoms with van der Waals surface area (Å²) in [5.41, 5.74) is 2.02. The van der Waals surface area contributed by atoms with Gasteiger partial charge in [0.25, 0.3) is 0 Å². The Morgan fingerprint density at radius 3 is 2.44 bits per heavy atom. The number of methoxy groups -OCH3 is 1. The van der Waals surface area contributed by atoms with Crippen LogP contribution in [-0.2, 0) is 12.1 Å². The minimum atomic E-state index is -0.222. The van der Waals surface area contributed by atoms with Crippen LogP contribution in [0, 0.1) is 0 Å². The lowest BCUT2D eigenvalue weighted by Gasteiger charge is -2.25. The summed E-state index contributed by atoms with van der Waals surface area (Å²) in [6, 6.07) is 16.0. The van der Waals surface area contributed by atoms with E-state index >= 15 is 0 Å². The third-order valence-electron chi connectivity index (χ3n) is 4.27. The summed E-state index contributed by atoms with van der Waals surface area (Å²) in [6.07, 6.45) is 0. The normalized spacial score (nSPS) is 12.8. The molecule has 1 N–H and O–H groups in total. The third kappa shape index (κ3) is 4.54. The number of benzene rings is 2. The lowest BCUT2D eigenvalue weighted by molar-refractivity contribution is 0.325. The minimum absolute atomic E-state index is 0.156. The van der Waals surface area contributed by atoms with Gasteiger partial charge in [0.2, 0.25) is 0 Å². The summed E-state index contributed by atoms with van der Waals surface area (Å²) >= 11 is 3.67. The maximum absolute atomic E-state index is 5.24. The van der Waals surface area contributed by atoms with Crippen LogP contribution in [0.25, 0.3) is 0 Å². The van der Waals surface area contributed by atoms with Crippen molar-refractivity contribution in [1.82, 2.24) is 25.5 Å². The van der Waals surface area contributed by atoms with Crippen LogP contribution in [0.15, 0.2) is 53.0 Å². The quantitative estimate of drug-likeness (QED) is 0.639. The number of nitrogens with zero attached hydrogens (tertiary/aromatic N) is 4. The van der Waals surface area contributed by atoms with E-state index < -0.39 is 0 Å². The monoisotopic (exact) mass is 429 g/mol. The van der Waals surface area contributed by atoms with Gasteiger partial charge in [0, 0.05) is 11.0 Å². The van der Waals surface area contributed by atoms with E-state index in [9.17, 15) is 0 Å². The molecule has 0 fully saturated rings. The molecule has 0 aliphatic heterocycles. The maximum atomic E-state index is 5.24. The summed E-state index contributed by atoms with van der Waals surface area (Å²) in [5.74, 6) is 1.63. The fraction of sp³-hybridized carbons (Fsp3) is 0.350. The van der Waals surface area contributed by atoms with E-state index in [0.29, 0.717) is 6.54 Å². The van der Waals surface area contributed by atoms with Gasteiger partial charge in [0.1, 0.15) is 5.75 Å². The Morgan fingerprint density at radius 2 is 1.81 bits per heavy atom. The lowest BCUT2D eigenvalue weighted by atomic mass is 10.0. The van der Waals surface area contributed by atoms with Crippen molar-refractivity contribution in [1.29, 1.82) is 0 Å². The molecule has 0 saturated heterocycles. The van der Waals surface area contributed by atoms with Gasteiger partial charge in [-0.05, 0) is 60.5 Å². The smallest absolute Gasteiger partial charge is 0.173 e. The first kappa shape index (κ1) is 19.5. The number of rotatable bonds is 6. The number of nitrogens with one attached hydrogen (secondary N) is 1. The molecule has 0 amide bonds. The van der Waals surface area contributed by atoms with Crippen LogP contribution in [0.4, 0.5) is 0 Å². The molecule has 0 bridgehead atoms. The average molecular weight is 430 g/mol. The fourth-order valence-electron chi connectivity index (χ4n) is 2.86. The zero-order chi connectivity index (χ0) is 19.4. The van der Waals surface area contributed by atoms with Crippen LogP contribution in [0.3, 0.4) is 0 Å². The van der Waals surface area contributed by atoms with E-state index in [1.807, 2.05) is 35.0 Å². The van der Waals surface area contributed by atoms with Gasteiger partial charge in [-0.1, -0.05) is 46.3 Å². The van der Waals surface area contributed by atoms with E-state index in [-0.39, 0.29) is 11.6 Å². The van der Waals surface area contributed by atoms with Crippen LogP contribution in [0.2, 0.25) is 0 Å². The van der Waals surface area contributed by atoms with Crippen molar-refractivity contribution in [2.45, 2.75) is 38.9 Å². The Kier molecular flexibility index (Phi) is 5.92. The predicted molar refractivity (Wildman–Crippen MR) is 109 cm³/mol. The van der Waals surface area contributed by atoms with Crippen molar-refractivity contribution < 1.29 is 4.74 Å². The van der Waals surface area contributed by atoms with Crippen LogP contribution < -0.4 is 10.1 Å².